The number of alkyl halides is 2. The van der Waals surface area contributed by atoms with Crippen LogP contribution in [-0.4, -0.2) is 20.0 Å². The topological polar surface area (TPSA) is 18.5 Å². The Bertz CT molecular complexity index is 45.3. The molecule has 0 saturated carbocycles. The lowest BCUT2D eigenvalue weighted by Crippen LogP contribution is -2.10. The number of ether oxygens (including phenoxy) is 2. The summed E-state index contributed by atoms with van der Waals surface area (Å²) in [5, 5.41) is 0. The molecule has 0 bridgehead atoms. The summed E-state index contributed by atoms with van der Waals surface area (Å²) < 4.78 is 30.6. The van der Waals surface area contributed by atoms with Crippen molar-refractivity contribution in [3.8, 4) is 0 Å². The Morgan fingerprint density at radius 1 is 1.25 bits per heavy atom. The number of rotatable bonds is 4. The van der Waals surface area contributed by atoms with Crippen LogP contribution in [0.3, 0.4) is 0 Å². The quantitative estimate of drug-likeness (QED) is 0.527. The van der Waals surface area contributed by atoms with Gasteiger partial charge in [0.1, 0.15) is 0 Å². The fourth-order valence-corrected chi connectivity index (χ4v) is 0.226. The van der Waals surface area contributed by atoms with E-state index in [0.717, 1.165) is 0 Å². The van der Waals surface area contributed by atoms with Crippen LogP contribution in [0.2, 0.25) is 0 Å². The van der Waals surface area contributed by atoms with Crippen molar-refractivity contribution in [2.45, 2.75) is 13.2 Å². The average Bonchev–Trinajstić information content (AvgIpc) is 1.68. The second kappa shape index (κ2) is 4.93. The van der Waals surface area contributed by atoms with Gasteiger partial charge in [-0.15, -0.1) is 0 Å². The van der Waals surface area contributed by atoms with Crippen LogP contribution in [0.4, 0.5) is 8.78 Å². The molecule has 0 atom stereocenters. The van der Waals surface area contributed by atoms with E-state index in [2.05, 4.69) is 9.47 Å². The summed E-state index contributed by atoms with van der Waals surface area (Å²) in [7, 11) is 0. The zero-order chi connectivity index (χ0) is 6.41. The second-order valence-corrected chi connectivity index (χ2v) is 1.12. The molecule has 0 aliphatic heterocycles. The summed E-state index contributed by atoms with van der Waals surface area (Å²) in [6.45, 7) is -0.471. The lowest BCUT2D eigenvalue weighted by molar-refractivity contribution is -0.171. The second-order valence-electron chi connectivity index (χ2n) is 1.12. The molecule has 0 fully saturated rings. The first kappa shape index (κ1) is 7.78. The standard InChI is InChI=1S/C4H8F2O2/c1-4(7-2-5)8-3-6/h4H,2-3H2,1H3. The third-order valence-corrected chi connectivity index (χ3v) is 0.595. The lowest BCUT2D eigenvalue weighted by atomic mass is 10.8. The Balaban J connectivity index is 2.92. The lowest BCUT2D eigenvalue weighted by Gasteiger charge is -2.06. The third kappa shape index (κ3) is 3.95. The van der Waals surface area contributed by atoms with Crippen LogP contribution in [-0.2, 0) is 9.47 Å². The molecule has 2 nitrogen and oxygen atoms in total. The van der Waals surface area contributed by atoms with Crippen molar-refractivity contribution in [2.75, 3.05) is 13.7 Å². The fourth-order valence-electron chi connectivity index (χ4n) is 0.226. The van der Waals surface area contributed by atoms with E-state index in [1.54, 1.807) is 0 Å². The minimum atomic E-state index is -0.943. The minimum absolute atomic E-state index is 0.787. The molecule has 0 unspecified atom stereocenters. The Kier molecular flexibility index (Phi) is 4.79. The third-order valence-electron chi connectivity index (χ3n) is 0.595. The monoisotopic (exact) mass is 126 g/mol. The molecule has 8 heavy (non-hydrogen) atoms. The molecule has 0 rings (SSSR count). The highest BCUT2D eigenvalue weighted by Gasteiger charge is 1.97. The SMILES string of the molecule is CC(OCF)OCF. The molecule has 0 aromatic carbocycles. The molecular weight excluding hydrogens is 118 g/mol. The van der Waals surface area contributed by atoms with E-state index in [1.165, 1.54) is 6.92 Å². The summed E-state index contributed by atoms with van der Waals surface area (Å²) in [6, 6.07) is 0. The van der Waals surface area contributed by atoms with E-state index in [0.29, 0.717) is 0 Å². The first-order chi connectivity index (χ1) is 3.81. The van der Waals surface area contributed by atoms with Crippen molar-refractivity contribution in [1.29, 1.82) is 0 Å². The Morgan fingerprint density at radius 3 is 1.88 bits per heavy atom. The van der Waals surface area contributed by atoms with Gasteiger partial charge in [0.15, 0.2) is 20.0 Å². The van der Waals surface area contributed by atoms with Crippen LogP contribution >= 0.6 is 0 Å². The summed E-state index contributed by atoms with van der Waals surface area (Å²) in [5.41, 5.74) is 0. The fraction of sp³-hybridized carbons (Fsp3) is 1.00. The van der Waals surface area contributed by atoms with Gasteiger partial charge < -0.3 is 9.47 Å². The molecule has 0 N–H and O–H groups in total. The van der Waals surface area contributed by atoms with Gasteiger partial charge in [0, 0.05) is 0 Å². The molecule has 0 spiro atoms. The van der Waals surface area contributed by atoms with Crippen LogP contribution in [0, 0.1) is 0 Å². The first-order valence-corrected chi connectivity index (χ1v) is 2.16. The van der Waals surface area contributed by atoms with Gasteiger partial charge in [-0.2, -0.15) is 0 Å². The summed E-state index contributed by atoms with van der Waals surface area (Å²) >= 11 is 0. The maximum absolute atomic E-state index is 11.1. The zero-order valence-corrected chi connectivity index (χ0v) is 4.56. The van der Waals surface area contributed by atoms with E-state index in [9.17, 15) is 8.78 Å². The van der Waals surface area contributed by atoms with Crippen molar-refractivity contribution in [3.63, 3.8) is 0 Å². The predicted octanol–water partition coefficient (Wildman–Crippen LogP) is 1.22. The van der Waals surface area contributed by atoms with Crippen molar-refractivity contribution < 1.29 is 18.3 Å². The van der Waals surface area contributed by atoms with Crippen molar-refractivity contribution in [2.24, 2.45) is 0 Å². The van der Waals surface area contributed by atoms with Crippen molar-refractivity contribution in [1.82, 2.24) is 0 Å². The maximum Gasteiger partial charge on any atom is 0.191 e. The molecular formula is C4H8F2O2. The molecule has 0 aliphatic carbocycles. The molecule has 0 aliphatic rings. The van der Waals surface area contributed by atoms with Gasteiger partial charge in [-0.05, 0) is 6.92 Å². The molecule has 0 amide bonds. The van der Waals surface area contributed by atoms with E-state index < -0.39 is 20.0 Å². The summed E-state index contributed by atoms with van der Waals surface area (Å²) in [5.74, 6) is 0. The Morgan fingerprint density at radius 2 is 1.62 bits per heavy atom. The predicted molar refractivity (Wildman–Crippen MR) is 23.6 cm³/mol. The zero-order valence-electron chi connectivity index (χ0n) is 4.56. The highest BCUT2D eigenvalue weighted by Crippen LogP contribution is 1.92. The van der Waals surface area contributed by atoms with Gasteiger partial charge in [0.25, 0.3) is 0 Å². The molecule has 0 aromatic rings. The van der Waals surface area contributed by atoms with Gasteiger partial charge in [-0.3, -0.25) is 0 Å². The van der Waals surface area contributed by atoms with Crippen LogP contribution < -0.4 is 0 Å². The van der Waals surface area contributed by atoms with E-state index in [4.69, 9.17) is 0 Å². The Labute approximate surface area is 46.4 Å². The van der Waals surface area contributed by atoms with E-state index in [1.807, 2.05) is 0 Å². The minimum Gasteiger partial charge on any atom is -0.322 e. The first-order valence-electron chi connectivity index (χ1n) is 2.16. The highest BCUT2D eigenvalue weighted by atomic mass is 19.1. The average molecular weight is 126 g/mol. The smallest absolute Gasteiger partial charge is 0.191 e. The summed E-state index contributed by atoms with van der Waals surface area (Å²) in [6.07, 6.45) is -0.787. The van der Waals surface area contributed by atoms with Crippen molar-refractivity contribution in [3.05, 3.63) is 0 Å². The molecule has 0 radical (unpaired) electrons. The van der Waals surface area contributed by atoms with Gasteiger partial charge in [-0.1, -0.05) is 0 Å². The molecule has 0 aromatic heterocycles. The van der Waals surface area contributed by atoms with E-state index >= 15 is 0 Å². The van der Waals surface area contributed by atoms with Gasteiger partial charge >= 0.3 is 0 Å². The largest absolute Gasteiger partial charge is 0.322 e. The van der Waals surface area contributed by atoms with Crippen LogP contribution in [0.25, 0.3) is 0 Å². The molecule has 0 heterocycles. The van der Waals surface area contributed by atoms with E-state index in [-0.39, 0.29) is 0 Å². The molecule has 0 saturated heterocycles. The molecule has 4 heteroatoms. The van der Waals surface area contributed by atoms with Crippen molar-refractivity contribution >= 4 is 0 Å². The normalized spacial score (nSPS) is 10.5. The van der Waals surface area contributed by atoms with Crippen LogP contribution in [0.15, 0.2) is 0 Å². The maximum atomic E-state index is 11.1. The summed E-state index contributed by atoms with van der Waals surface area (Å²) in [4.78, 5) is 0. The number of hydrogen-bond acceptors (Lipinski definition) is 2. The number of halogens is 2. The van der Waals surface area contributed by atoms with Crippen LogP contribution in [0.1, 0.15) is 6.92 Å². The van der Waals surface area contributed by atoms with Gasteiger partial charge in [0.2, 0.25) is 0 Å². The highest BCUT2D eigenvalue weighted by molar-refractivity contribution is 4.21. The van der Waals surface area contributed by atoms with Gasteiger partial charge in [0.05, 0.1) is 0 Å². The van der Waals surface area contributed by atoms with Crippen LogP contribution in [0.5, 0.6) is 0 Å². The number of hydrogen-bond donors (Lipinski definition) is 0. The van der Waals surface area contributed by atoms with Gasteiger partial charge in [-0.25, -0.2) is 8.78 Å². The molecule has 50 valence electrons. The Hall–Kier alpha value is -0.220.